The minimum Gasteiger partial charge on any atom is -0.493 e. The third kappa shape index (κ3) is 5.63. The van der Waals surface area contributed by atoms with Crippen LogP contribution in [0.25, 0.3) is 0 Å². The molecule has 0 unspecified atom stereocenters. The molecule has 0 heterocycles. The summed E-state index contributed by atoms with van der Waals surface area (Å²) < 4.78 is 15.5. The zero-order valence-electron chi connectivity index (χ0n) is 13.5. The van der Waals surface area contributed by atoms with E-state index >= 15 is 0 Å². The van der Waals surface area contributed by atoms with Crippen molar-refractivity contribution in [1.29, 1.82) is 0 Å². The molecular formula is C16H23NO5. The van der Waals surface area contributed by atoms with Gasteiger partial charge in [-0.25, -0.2) is 4.79 Å². The number of carbonyl (C=O) groups excluding carboxylic acids is 2. The summed E-state index contributed by atoms with van der Waals surface area (Å²) in [5, 5.41) is 2.68. The van der Waals surface area contributed by atoms with E-state index < -0.39 is 5.97 Å². The number of methoxy groups -OCH3 is 1. The van der Waals surface area contributed by atoms with Crippen LogP contribution in [0.15, 0.2) is 18.2 Å². The van der Waals surface area contributed by atoms with Crippen LogP contribution in [0.3, 0.4) is 0 Å². The van der Waals surface area contributed by atoms with E-state index in [1.54, 1.807) is 12.1 Å². The lowest BCUT2D eigenvalue weighted by Crippen LogP contribution is -2.31. The van der Waals surface area contributed by atoms with Crippen molar-refractivity contribution in [3.05, 3.63) is 23.8 Å². The standard InChI is InChI=1S/C16H23NO5/c1-5-21-14-8-12(6-7-13(14)20-4)16(19)22-10-15(18)17-9-11(2)3/h6-8,11H,5,9-10H2,1-4H3,(H,17,18). The van der Waals surface area contributed by atoms with Crippen molar-refractivity contribution in [1.82, 2.24) is 5.32 Å². The fourth-order valence-electron chi connectivity index (χ4n) is 1.66. The van der Waals surface area contributed by atoms with Gasteiger partial charge in [-0.3, -0.25) is 4.79 Å². The zero-order chi connectivity index (χ0) is 16.5. The summed E-state index contributed by atoms with van der Waals surface area (Å²) in [6, 6.07) is 4.73. The van der Waals surface area contributed by atoms with Crippen molar-refractivity contribution in [3.8, 4) is 11.5 Å². The molecule has 6 heteroatoms. The van der Waals surface area contributed by atoms with Crippen LogP contribution in [0.5, 0.6) is 11.5 Å². The first-order valence-electron chi connectivity index (χ1n) is 7.22. The number of hydrogen-bond donors (Lipinski definition) is 1. The summed E-state index contributed by atoms with van der Waals surface area (Å²) in [7, 11) is 1.52. The Bertz CT molecular complexity index is 513. The summed E-state index contributed by atoms with van der Waals surface area (Å²) >= 11 is 0. The van der Waals surface area contributed by atoms with Crippen molar-refractivity contribution in [2.24, 2.45) is 5.92 Å². The normalized spacial score (nSPS) is 10.2. The Labute approximate surface area is 130 Å². The summed E-state index contributed by atoms with van der Waals surface area (Å²) in [5.41, 5.74) is 0.306. The Morgan fingerprint density at radius 3 is 2.55 bits per heavy atom. The Morgan fingerprint density at radius 1 is 1.23 bits per heavy atom. The molecule has 1 aromatic carbocycles. The highest BCUT2D eigenvalue weighted by Gasteiger charge is 2.14. The minimum atomic E-state index is -0.580. The van der Waals surface area contributed by atoms with Crippen molar-refractivity contribution in [2.45, 2.75) is 20.8 Å². The zero-order valence-corrected chi connectivity index (χ0v) is 13.5. The summed E-state index contributed by atoms with van der Waals surface area (Å²) in [6.07, 6.45) is 0. The van der Waals surface area contributed by atoms with Gasteiger partial charge in [-0.15, -0.1) is 0 Å². The van der Waals surface area contributed by atoms with Crippen molar-refractivity contribution >= 4 is 11.9 Å². The second-order valence-electron chi connectivity index (χ2n) is 5.07. The average molecular weight is 309 g/mol. The van der Waals surface area contributed by atoms with E-state index in [1.807, 2.05) is 20.8 Å². The molecule has 1 rings (SSSR count). The van der Waals surface area contributed by atoms with E-state index in [9.17, 15) is 9.59 Å². The van der Waals surface area contributed by atoms with Gasteiger partial charge in [0.1, 0.15) is 0 Å². The number of hydrogen-bond acceptors (Lipinski definition) is 5. The van der Waals surface area contributed by atoms with Gasteiger partial charge in [-0.2, -0.15) is 0 Å². The first kappa shape index (κ1) is 17.8. The second kappa shape index (κ2) is 8.92. The van der Waals surface area contributed by atoms with Crippen LogP contribution in [-0.4, -0.2) is 38.7 Å². The second-order valence-corrected chi connectivity index (χ2v) is 5.07. The molecule has 0 atom stereocenters. The van der Waals surface area contributed by atoms with Crippen LogP contribution in [0.2, 0.25) is 0 Å². The van der Waals surface area contributed by atoms with E-state index in [0.29, 0.717) is 36.1 Å². The molecule has 0 aliphatic rings. The lowest BCUT2D eigenvalue weighted by Gasteiger charge is -2.11. The third-order valence-electron chi connectivity index (χ3n) is 2.74. The molecule has 1 N–H and O–H groups in total. The first-order valence-corrected chi connectivity index (χ1v) is 7.22. The molecule has 22 heavy (non-hydrogen) atoms. The van der Waals surface area contributed by atoms with Crippen LogP contribution >= 0.6 is 0 Å². The number of benzene rings is 1. The lowest BCUT2D eigenvalue weighted by molar-refractivity contribution is -0.124. The van der Waals surface area contributed by atoms with E-state index in [4.69, 9.17) is 14.2 Å². The minimum absolute atomic E-state index is 0.304. The maximum absolute atomic E-state index is 11.9. The smallest absolute Gasteiger partial charge is 0.338 e. The molecule has 0 bridgehead atoms. The van der Waals surface area contributed by atoms with Crippen LogP contribution < -0.4 is 14.8 Å². The fourth-order valence-corrected chi connectivity index (χ4v) is 1.66. The molecule has 0 aliphatic carbocycles. The van der Waals surface area contributed by atoms with Crippen molar-refractivity contribution in [3.63, 3.8) is 0 Å². The van der Waals surface area contributed by atoms with Crippen molar-refractivity contribution in [2.75, 3.05) is 26.9 Å². The van der Waals surface area contributed by atoms with Gasteiger partial charge >= 0.3 is 5.97 Å². The Kier molecular flexibility index (Phi) is 7.22. The Morgan fingerprint density at radius 2 is 1.95 bits per heavy atom. The molecule has 0 saturated carbocycles. The van der Waals surface area contributed by atoms with Gasteiger partial charge in [-0.05, 0) is 31.0 Å². The monoisotopic (exact) mass is 309 g/mol. The molecule has 122 valence electrons. The van der Waals surface area contributed by atoms with Gasteiger partial charge in [0.15, 0.2) is 18.1 Å². The highest BCUT2D eigenvalue weighted by atomic mass is 16.5. The Balaban J connectivity index is 2.62. The maximum Gasteiger partial charge on any atom is 0.338 e. The van der Waals surface area contributed by atoms with Gasteiger partial charge in [0.25, 0.3) is 5.91 Å². The summed E-state index contributed by atoms with van der Waals surface area (Å²) in [6.45, 7) is 6.50. The number of amides is 1. The molecule has 0 aliphatic heterocycles. The fraction of sp³-hybridized carbons (Fsp3) is 0.500. The topological polar surface area (TPSA) is 73.9 Å². The van der Waals surface area contributed by atoms with Crippen LogP contribution in [-0.2, 0) is 9.53 Å². The van der Waals surface area contributed by atoms with Crippen molar-refractivity contribution < 1.29 is 23.8 Å². The third-order valence-corrected chi connectivity index (χ3v) is 2.74. The average Bonchev–Trinajstić information content (AvgIpc) is 2.50. The van der Waals surface area contributed by atoms with Crippen LogP contribution in [0.1, 0.15) is 31.1 Å². The van der Waals surface area contributed by atoms with Gasteiger partial charge in [0, 0.05) is 6.54 Å². The van der Waals surface area contributed by atoms with E-state index in [1.165, 1.54) is 13.2 Å². The summed E-state index contributed by atoms with van der Waals surface area (Å²) in [5.74, 6) is 0.440. The first-order chi connectivity index (χ1) is 10.5. The molecular weight excluding hydrogens is 286 g/mol. The summed E-state index contributed by atoms with van der Waals surface area (Å²) in [4.78, 5) is 23.5. The molecule has 0 saturated heterocycles. The largest absolute Gasteiger partial charge is 0.493 e. The predicted molar refractivity (Wildman–Crippen MR) is 82.3 cm³/mol. The molecule has 0 aromatic heterocycles. The van der Waals surface area contributed by atoms with E-state index in [0.717, 1.165) is 0 Å². The SMILES string of the molecule is CCOc1cc(C(=O)OCC(=O)NCC(C)C)ccc1OC. The van der Waals surface area contributed by atoms with Gasteiger partial charge in [0.2, 0.25) is 0 Å². The number of esters is 1. The number of ether oxygens (including phenoxy) is 3. The van der Waals surface area contributed by atoms with Gasteiger partial charge in [0.05, 0.1) is 19.3 Å². The molecule has 0 fully saturated rings. The van der Waals surface area contributed by atoms with Crippen LogP contribution in [0.4, 0.5) is 0 Å². The quantitative estimate of drug-likeness (QED) is 0.744. The lowest BCUT2D eigenvalue weighted by atomic mass is 10.2. The van der Waals surface area contributed by atoms with E-state index in [2.05, 4.69) is 5.32 Å². The molecule has 6 nitrogen and oxygen atoms in total. The van der Waals surface area contributed by atoms with Gasteiger partial charge < -0.3 is 19.5 Å². The van der Waals surface area contributed by atoms with Gasteiger partial charge in [-0.1, -0.05) is 13.8 Å². The highest BCUT2D eigenvalue weighted by molar-refractivity contribution is 5.92. The number of rotatable bonds is 8. The Hall–Kier alpha value is -2.24. The molecule has 1 amide bonds. The van der Waals surface area contributed by atoms with Crippen LogP contribution in [0, 0.1) is 5.92 Å². The molecule has 0 radical (unpaired) electrons. The predicted octanol–water partition coefficient (Wildman–Crippen LogP) is 2.02. The number of carbonyl (C=O) groups is 2. The molecule has 0 spiro atoms. The van der Waals surface area contributed by atoms with E-state index in [-0.39, 0.29) is 12.5 Å². The molecule has 1 aromatic rings. The number of nitrogens with one attached hydrogen (secondary N) is 1. The maximum atomic E-state index is 11.9. The highest BCUT2D eigenvalue weighted by Crippen LogP contribution is 2.28.